The molecule has 2 rings (SSSR count). The molecule has 120 valence electrons. The van der Waals surface area contributed by atoms with E-state index < -0.39 is 18.3 Å². The first-order valence-electron chi connectivity index (χ1n) is 6.43. The number of rotatable bonds is 5. The van der Waals surface area contributed by atoms with E-state index >= 15 is 0 Å². The number of carbonyl (C=O) groups excluding carboxylic acids is 1. The lowest BCUT2D eigenvalue weighted by atomic mass is 10.2. The number of hydrogen-bond donors (Lipinski definition) is 1. The molecule has 0 aliphatic carbocycles. The van der Waals surface area contributed by atoms with Crippen LogP contribution in [0.3, 0.4) is 0 Å². The van der Waals surface area contributed by atoms with Crippen molar-refractivity contribution in [3.05, 3.63) is 64.9 Å². The largest absolute Gasteiger partial charge is 0.435 e. The Balaban J connectivity index is 1.97. The third-order valence-corrected chi connectivity index (χ3v) is 2.96. The third kappa shape index (κ3) is 5.34. The molecule has 0 radical (unpaired) electrons. The molecule has 0 fully saturated rings. The van der Waals surface area contributed by atoms with Gasteiger partial charge in [0, 0.05) is 11.1 Å². The number of alkyl halides is 2. The van der Waals surface area contributed by atoms with Crippen LogP contribution in [-0.2, 0) is 4.79 Å². The van der Waals surface area contributed by atoms with Crippen molar-refractivity contribution in [1.82, 2.24) is 0 Å². The highest BCUT2D eigenvalue weighted by atomic mass is 35.5. The zero-order valence-corrected chi connectivity index (χ0v) is 12.4. The van der Waals surface area contributed by atoms with Gasteiger partial charge < -0.3 is 10.1 Å². The Kier molecular flexibility index (Phi) is 5.65. The molecule has 0 heterocycles. The monoisotopic (exact) mass is 341 g/mol. The van der Waals surface area contributed by atoms with Crippen molar-refractivity contribution < 1.29 is 22.7 Å². The highest BCUT2D eigenvalue weighted by Gasteiger charge is 2.05. The molecule has 1 amide bonds. The van der Waals surface area contributed by atoms with Gasteiger partial charge in [-0.05, 0) is 42.0 Å². The second-order valence-electron chi connectivity index (χ2n) is 4.39. The summed E-state index contributed by atoms with van der Waals surface area (Å²) in [6.45, 7) is -2.89. The fraction of sp³-hybridized carbons (Fsp3) is 0.0625. The van der Waals surface area contributed by atoms with E-state index in [1.54, 1.807) is 0 Å². The van der Waals surface area contributed by atoms with Crippen LogP contribution in [0.5, 0.6) is 5.75 Å². The van der Waals surface area contributed by atoms with Gasteiger partial charge in [0.15, 0.2) is 0 Å². The molecular weight excluding hydrogens is 331 g/mol. The van der Waals surface area contributed by atoms with Crippen LogP contribution in [0.15, 0.2) is 48.5 Å². The summed E-state index contributed by atoms with van der Waals surface area (Å²) < 4.78 is 41.8. The minimum absolute atomic E-state index is 0.00438. The molecule has 3 nitrogen and oxygen atoms in total. The predicted molar refractivity (Wildman–Crippen MR) is 82.1 cm³/mol. The van der Waals surface area contributed by atoms with Crippen LogP contribution in [-0.4, -0.2) is 12.5 Å². The lowest BCUT2D eigenvalue weighted by Crippen LogP contribution is -2.09. The van der Waals surface area contributed by atoms with Crippen molar-refractivity contribution in [2.45, 2.75) is 6.61 Å². The maximum Gasteiger partial charge on any atom is 0.387 e. The van der Waals surface area contributed by atoms with Gasteiger partial charge in [0.05, 0.1) is 5.69 Å². The number of benzene rings is 2. The Bertz CT molecular complexity index is 718. The van der Waals surface area contributed by atoms with Gasteiger partial charge in [0.2, 0.25) is 5.91 Å². The summed E-state index contributed by atoms with van der Waals surface area (Å²) in [4.78, 5) is 11.7. The predicted octanol–water partition coefficient (Wildman–Crippen LogP) is 4.73. The van der Waals surface area contributed by atoms with Crippen molar-refractivity contribution in [2.24, 2.45) is 0 Å². The molecule has 0 aliphatic rings. The maximum absolute atomic E-state index is 13.5. The Labute approximate surface area is 135 Å². The van der Waals surface area contributed by atoms with Crippen molar-refractivity contribution in [2.75, 3.05) is 5.32 Å². The SMILES string of the molecule is O=C(/C=C/c1ccc(OC(F)F)cc1)Nc1ccc(Cl)cc1F. The van der Waals surface area contributed by atoms with Gasteiger partial charge in [-0.1, -0.05) is 23.7 Å². The van der Waals surface area contributed by atoms with Crippen LogP contribution in [0, 0.1) is 5.82 Å². The van der Waals surface area contributed by atoms with E-state index in [2.05, 4.69) is 10.1 Å². The van der Waals surface area contributed by atoms with E-state index in [1.807, 2.05) is 0 Å². The molecule has 2 aromatic rings. The Hall–Kier alpha value is -2.47. The van der Waals surface area contributed by atoms with Gasteiger partial charge in [-0.25, -0.2) is 4.39 Å². The van der Waals surface area contributed by atoms with Crippen LogP contribution in [0.1, 0.15) is 5.56 Å². The fourth-order valence-corrected chi connectivity index (χ4v) is 1.86. The van der Waals surface area contributed by atoms with Crippen LogP contribution in [0.25, 0.3) is 6.08 Å². The Morgan fingerprint density at radius 3 is 2.48 bits per heavy atom. The maximum atomic E-state index is 13.5. The molecule has 23 heavy (non-hydrogen) atoms. The smallest absolute Gasteiger partial charge is 0.387 e. The lowest BCUT2D eigenvalue weighted by molar-refractivity contribution is -0.111. The molecule has 2 aromatic carbocycles. The number of anilines is 1. The lowest BCUT2D eigenvalue weighted by Gasteiger charge is -2.04. The normalized spacial score (nSPS) is 11.0. The van der Waals surface area contributed by atoms with Gasteiger partial charge in [-0.15, -0.1) is 0 Å². The van der Waals surface area contributed by atoms with Crippen LogP contribution < -0.4 is 10.1 Å². The number of amides is 1. The highest BCUT2D eigenvalue weighted by Crippen LogP contribution is 2.19. The van der Waals surface area contributed by atoms with Crippen LogP contribution >= 0.6 is 11.6 Å². The van der Waals surface area contributed by atoms with E-state index in [9.17, 15) is 18.0 Å². The van der Waals surface area contributed by atoms with Crippen molar-refractivity contribution in [3.63, 3.8) is 0 Å². The van der Waals surface area contributed by atoms with Gasteiger partial charge in [0.25, 0.3) is 0 Å². The van der Waals surface area contributed by atoms with E-state index in [0.717, 1.165) is 6.07 Å². The van der Waals surface area contributed by atoms with E-state index in [1.165, 1.54) is 48.6 Å². The molecule has 0 atom stereocenters. The van der Waals surface area contributed by atoms with Gasteiger partial charge in [-0.3, -0.25) is 4.79 Å². The van der Waals surface area contributed by atoms with Crippen molar-refractivity contribution in [1.29, 1.82) is 0 Å². The fourth-order valence-electron chi connectivity index (χ4n) is 1.70. The zero-order valence-electron chi connectivity index (χ0n) is 11.6. The highest BCUT2D eigenvalue weighted by molar-refractivity contribution is 6.30. The standard InChI is InChI=1S/C16H11ClF3NO2/c17-11-4-7-14(13(18)9-11)21-15(22)8-3-10-1-5-12(6-2-10)23-16(19)20/h1-9,16H,(H,21,22)/b8-3+. The summed E-state index contributed by atoms with van der Waals surface area (Å²) in [6, 6.07) is 9.59. The summed E-state index contributed by atoms with van der Waals surface area (Å²) in [5, 5.41) is 2.59. The molecule has 0 saturated carbocycles. The zero-order chi connectivity index (χ0) is 16.8. The van der Waals surface area contributed by atoms with Crippen LogP contribution in [0.2, 0.25) is 5.02 Å². The molecule has 0 saturated heterocycles. The van der Waals surface area contributed by atoms with Crippen LogP contribution in [0.4, 0.5) is 18.9 Å². The molecule has 7 heteroatoms. The summed E-state index contributed by atoms with van der Waals surface area (Å²) in [5.74, 6) is -1.17. The molecular formula is C16H11ClF3NO2. The average Bonchev–Trinajstić information content (AvgIpc) is 2.49. The topological polar surface area (TPSA) is 38.3 Å². The summed E-state index contributed by atoms with van der Waals surface area (Å²) in [7, 11) is 0. The van der Waals surface area contributed by atoms with Gasteiger partial charge in [-0.2, -0.15) is 8.78 Å². The molecule has 0 aliphatic heterocycles. The second kappa shape index (κ2) is 7.69. The Morgan fingerprint density at radius 1 is 1.17 bits per heavy atom. The summed E-state index contributed by atoms with van der Waals surface area (Å²) in [6.07, 6.45) is 2.65. The first kappa shape index (κ1) is 16.9. The molecule has 1 N–H and O–H groups in total. The van der Waals surface area contributed by atoms with E-state index in [4.69, 9.17) is 11.6 Å². The van der Waals surface area contributed by atoms with E-state index in [-0.39, 0.29) is 16.5 Å². The first-order valence-corrected chi connectivity index (χ1v) is 6.81. The number of halogens is 4. The number of hydrogen-bond acceptors (Lipinski definition) is 2. The second-order valence-corrected chi connectivity index (χ2v) is 4.83. The third-order valence-electron chi connectivity index (χ3n) is 2.72. The molecule has 0 unspecified atom stereocenters. The van der Waals surface area contributed by atoms with E-state index in [0.29, 0.717) is 5.56 Å². The van der Waals surface area contributed by atoms with Gasteiger partial charge >= 0.3 is 6.61 Å². The summed E-state index contributed by atoms with van der Waals surface area (Å²) in [5.41, 5.74) is 0.600. The summed E-state index contributed by atoms with van der Waals surface area (Å²) >= 11 is 5.62. The first-order chi connectivity index (χ1) is 10.9. The number of carbonyl (C=O) groups is 1. The number of ether oxygens (including phenoxy) is 1. The minimum atomic E-state index is -2.89. The van der Waals surface area contributed by atoms with Gasteiger partial charge in [0.1, 0.15) is 11.6 Å². The number of nitrogens with one attached hydrogen (secondary N) is 1. The molecule has 0 bridgehead atoms. The van der Waals surface area contributed by atoms with Crippen molar-refractivity contribution in [3.8, 4) is 5.75 Å². The molecule has 0 aromatic heterocycles. The minimum Gasteiger partial charge on any atom is -0.435 e. The molecule has 0 spiro atoms. The van der Waals surface area contributed by atoms with Crippen molar-refractivity contribution >= 4 is 29.3 Å². The quantitative estimate of drug-likeness (QED) is 0.798. The Morgan fingerprint density at radius 2 is 1.87 bits per heavy atom. The average molecular weight is 342 g/mol.